The molecule has 0 radical (unpaired) electrons. The Kier molecular flexibility index (Phi) is 11.7. The summed E-state index contributed by atoms with van der Waals surface area (Å²) in [6.45, 7) is 4.73. The molecule has 0 aliphatic carbocycles. The maximum absolute atomic E-state index is 13.3. The van der Waals surface area contributed by atoms with Crippen LogP contribution in [0.25, 0.3) is 0 Å². The van der Waals surface area contributed by atoms with Crippen LogP contribution in [0.1, 0.15) is 45.1 Å². The van der Waals surface area contributed by atoms with Crippen LogP contribution < -0.4 is 14.4 Å². The molecule has 2 rings (SSSR count). The minimum atomic E-state index is -3.57. The van der Waals surface area contributed by atoms with Crippen molar-refractivity contribution in [2.75, 3.05) is 30.8 Å². The number of halogens is 1. The number of rotatable bonds is 14. The monoisotopic (exact) mass is 581 g/mol. The molecule has 0 fully saturated rings. The lowest BCUT2D eigenvalue weighted by molar-refractivity contribution is -0.140. The summed E-state index contributed by atoms with van der Waals surface area (Å²) in [7, 11) is -2.06. The van der Waals surface area contributed by atoms with Gasteiger partial charge >= 0.3 is 0 Å². The van der Waals surface area contributed by atoms with Crippen LogP contribution in [-0.4, -0.2) is 57.6 Å². The zero-order valence-corrected chi connectivity index (χ0v) is 23.8. The maximum Gasteiger partial charge on any atom is 0.242 e. The Morgan fingerprint density at radius 2 is 1.81 bits per heavy atom. The van der Waals surface area contributed by atoms with Gasteiger partial charge in [0.1, 0.15) is 11.8 Å². The largest absolute Gasteiger partial charge is 0.497 e. The number of unbranched alkanes of at least 4 members (excludes halogenated alkanes) is 1. The highest BCUT2D eigenvalue weighted by Crippen LogP contribution is 2.24. The van der Waals surface area contributed by atoms with E-state index in [1.807, 2.05) is 31.2 Å². The summed E-state index contributed by atoms with van der Waals surface area (Å²) in [5.74, 6) is 0.124. The van der Waals surface area contributed by atoms with Gasteiger partial charge in [0.2, 0.25) is 21.8 Å². The van der Waals surface area contributed by atoms with E-state index in [-0.39, 0.29) is 31.3 Å². The minimum absolute atomic E-state index is 0.0963. The predicted molar refractivity (Wildman–Crippen MR) is 146 cm³/mol. The molecule has 10 heteroatoms. The summed E-state index contributed by atoms with van der Waals surface area (Å²) in [5, 5.41) is 2.90. The number of hydrogen-bond acceptors (Lipinski definition) is 5. The number of hydrogen-bond donors (Lipinski definition) is 1. The summed E-state index contributed by atoms with van der Waals surface area (Å²) in [6.07, 6.45) is 3.35. The molecule has 1 unspecified atom stereocenters. The van der Waals surface area contributed by atoms with E-state index in [9.17, 15) is 18.0 Å². The lowest BCUT2D eigenvalue weighted by Gasteiger charge is -2.29. The molecule has 0 aliphatic rings. The number of sulfonamides is 1. The highest BCUT2D eigenvalue weighted by atomic mass is 79.9. The molecule has 0 heterocycles. The molecule has 2 aromatic rings. The van der Waals surface area contributed by atoms with Gasteiger partial charge in [-0.3, -0.25) is 13.9 Å². The Morgan fingerprint density at radius 1 is 1.11 bits per heavy atom. The molecular formula is C26H36BrN3O5S. The number of amides is 2. The lowest BCUT2D eigenvalue weighted by atomic mass is 10.1. The van der Waals surface area contributed by atoms with Gasteiger partial charge in [-0.1, -0.05) is 47.5 Å². The van der Waals surface area contributed by atoms with Crippen molar-refractivity contribution in [2.24, 2.45) is 0 Å². The van der Waals surface area contributed by atoms with Crippen molar-refractivity contribution < 1.29 is 22.7 Å². The van der Waals surface area contributed by atoms with Crippen molar-refractivity contribution in [1.82, 2.24) is 10.2 Å². The minimum Gasteiger partial charge on any atom is -0.497 e. The molecule has 0 saturated carbocycles. The second-order valence-electron chi connectivity index (χ2n) is 8.61. The molecule has 2 aromatic carbocycles. The third kappa shape index (κ3) is 9.13. The smallest absolute Gasteiger partial charge is 0.242 e. The summed E-state index contributed by atoms with van der Waals surface area (Å²) in [5.41, 5.74) is 1.37. The van der Waals surface area contributed by atoms with Crippen LogP contribution in [0.4, 0.5) is 5.69 Å². The first-order valence-electron chi connectivity index (χ1n) is 12.0. The molecule has 1 atom stereocenters. The van der Waals surface area contributed by atoms with E-state index in [0.717, 1.165) is 29.1 Å². The molecule has 0 bridgehead atoms. The van der Waals surface area contributed by atoms with Gasteiger partial charge in [-0.2, -0.15) is 0 Å². The van der Waals surface area contributed by atoms with E-state index in [1.54, 1.807) is 36.1 Å². The van der Waals surface area contributed by atoms with Gasteiger partial charge < -0.3 is 15.0 Å². The second kappa shape index (κ2) is 14.2. The number of benzene rings is 2. The zero-order valence-electron chi connectivity index (χ0n) is 21.4. The van der Waals surface area contributed by atoms with Crippen molar-refractivity contribution in [3.63, 3.8) is 0 Å². The van der Waals surface area contributed by atoms with Gasteiger partial charge in [0.15, 0.2) is 0 Å². The number of anilines is 1. The van der Waals surface area contributed by atoms with E-state index in [2.05, 4.69) is 21.2 Å². The van der Waals surface area contributed by atoms with Gasteiger partial charge in [-0.15, -0.1) is 0 Å². The van der Waals surface area contributed by atoms with Crippen LogP contribution in [0.2, 0.25) is 0 Å². The first-order valence-corrected chi connectivity index (χ1v) is 14.6. The van der Waals surface area contributed by atoms with Crippen LogP contribution in [-0.2, 0) is 26.2 Å². The fourth-order valence-corrected chi connectivity index (χ4v) is 4.90. The highest BCUT2D eigenvalue weighted by Gasteiger charge is 2.26. The van der Waals surface area contributed by atoms with E-state index < -0.39 is 16.1 Å². The van der Waals surface area contributed by atoms with Crippen LogP contribution in [0.5, 0.6) is 5.75 Å². The lowest BCUT2D eigenvalue weighted by Crippen LogP contribution is -2.47. The summed E-state index contributed by atoms with van der Waals surface area (Å²) < 4.78 is 32.3. The predicted octanol–water partition coefficient (Wildman–Crippen LogP) is 4.34. The molecular weight excluding hydrogens is 546 g/mol. The average Bonchev–Trinajstić information content (AvgIpc) is 2.85. The Hall–Kier alpha value is -2.59. The molecule has 1 N–H and O–H groups in total. The Balaban J connectivity index is 2.15. The molecule has 0 spiro atoms. The SMILES string of the molecule is CCCCNC(=O)C(C)N(Cc1ccc(Br)cc1)C(=O)CCCN(c1cccc(OC)c1)S(C)(=O)=O. The van der Waals surface area contributed by atoms with Gasteiger partial charge in [0.25, 0.3) is 0 Å². The summed E-state index contributed by atoms with van der Waals surface area (Å²) in [6, 6.07) is 13.7. The fraction of sp³-hybridized carbons (Fsp3) is 0.462. The Morgan fingerprint density at radius 3 is 2.42 bits per heavy atom. The van der Waals surface area contributed by atoms with E-state index in [0.29, 0.717) is 24.4 Å². The van der Waals surface area contributed by atoms with Gasteiger partial charge in [0, 0.05) is 36.6 Å². The van der Waals surface area contributed by atoms with Crippen molar-refractivity contribution >= 4 is 43.5 Å². The normalized spacial score (nSPS) is 12.0. The fourth-order valence-electron chi connectivity index (χ4n) is 3.67. The number of methoxy groups -OCH3 is 1. The number of nitrogens with zero attached hydrogens (tertiary/aromatic N) is 2. The van der Waals surface area contributed by atoms with Gasteiger partial charge in [-0.05, 0) is 49.6 Å². The standard InChI is InChI=1S/C26H36BrN3O5S/c1-5-6-16-28-26(32)20(2)29(19-21-12-14-22(27)15-13-21)25(31)11-8-17-30(36(4,33)34)23-9-7-10-24(18-23)35-3/h7,9-10,12-15,18,20H,5-6,8,11,16-17,19H2,1-4H3,(H,28,32). The van der Waals surface area contributed by atoms with Crippen LogP contribution in [0.15, 0.2) is 53.0 Å². The molecule has 198 valence electrons. The molecule has 2 amide bonds. The van der Waals surface area contributed by atoms with Crippen LogP contribution >= 0.6 is 15.9 Å². The first-order chi connectivity index (χ1) is 17.1. The molecule has 0 aliphatic heterocycles. The van der Waals surface area contributed by atoms with Crippen molar-refractivity contribution in [3.8, 4) is 5.75 Å². The van der Waals surface area contributed by atoms with Crippen molar-refractivity contribution in [2.45, 2.75) is 52.1 Å². The molecule has 0 saturated heterocycles. The van der Waals surface area contributed by atoms with Crippen LogP contribution in [0.3, 0.4) is 0 Å². The number of carbonyl (C=O) groups is 2. The van der Waals surface area contributed by atoms with Crippen LogP contribution in [0, 0.1) is 0 Å². The summed E-state index contributed by atoms with van der Waals surface area (Å²) in [4.78, 5) is 27.6. The number of carbonyl (C=O) groups excluding carboxylic acids is 2. The van der Waals surface area contributed by atoms with Gasteiger partial charge in [-0.25, -0.2) is 8.42 Å². The average molecular weight is 583 g/mol. The van der Waals surface area contributed by atoms with E-state index >= 15 is 0 Å². The maximum atomic E-state index is 13.3. The van der Waals surface area contributed by atoms with Gasteiger partial charge in [0.05, 0.1) is 19.1 Å². The third-order valence-electron chi connectivity index (χ3n) is 5.76. The van der Waals surface area contributed by atoms with E-state index in [4.69, 9.17) is 4.74 Å². The first kappa shape index (κ1) is 29.6. The topological polar surface area (TPSA) is 96.0 Å². The third-order valence-corrected chi connectivity index (χ3v) is 7.48. The Bertz CT molecular complexity index is 1110. The second-order valence-corrected chi connectivity index (χ2v) is 11.4. The molecule has 0 aromatic heterocycles. The Labute approximate surface area is 223 Å². The molecule has 36 heavy (non-hydrogen) atoms. The number of ether oxygens (including phenoxy) is 1. The quantitative estimate of drug-likeness (QED) is 0.335. The van der Waals surface area contributed by atoms with E-state index in [1.165, 1.54) is 11.4 Å². The van der Waals surface area contributed by atoms with Crippen molar-refractivity contribution in [3.05, 3.63) is 58.6 Å². The summed E-state index contributed by atoms with van der Waals surface area (Å²) >= 11 is 3.41. The molecule has 8 nitrogen and oxygen atoms in total. The number of nitrogens with one attached hydrogen (secondary N) is 1. The zero-order chi connectivity index (χ0) is 26.7. The highest BCUT2D eigenvalue weighted by molar-refractivity contribution is 9.10. The van der Waals surface area contributed by atoms with Crippen molar-refractivity contribution in [1.29, 1.82) is 0 Å².